The third-order valence-corrected chi connectivity index (χ3v) is 2.27. The maximum absolute atomic E-state index is 4.15. The van der Waals surface area contributed by atoms with E-state index in [1.54, 1.807) is 0 Å². The van der Waals surface area contributed by atoms with Gasteiger partial charge in [-0.3, -0.25) is 9.98 Å². The van der Waals surface area contributed by atoms with Crippen molar-refractivity contribution in [3.8, 4) is 0 Å². The lowest BCUT2D eigenvalue weighted by atomic mass is 9.81. The Morgan fingerprint density at radius 1 is 0.846 bits per heavy atom. The van der Waals surface area contributed by atoms with E-state index >= 15 is 0 Å². The Kier molecular flexibility index (Phi) is 1.25. The van der Waals surface area contributed by atoms with Gasteiger partial charge >= 0.3 is 0 Å². The molecule has 2 aliphatic heterocycles. The minimum absolute atomic E-state index is 1.11. The highest BCUT2D eigenvalue weighted by atomic mass is 14.7. The van der Waals surface area contributed by atoms with Gasteiger partial charge in [-0.25, -0.2) is 0 Å². The molecule has 2 nitrogen and oxygen atoms in total. The summed E-state index contributed by atoms with van der Waals surface area (Å²) in [5.41, 5.74) is 3.46. The van der Waals surface area contributed by atoms with Crippen LogP contribution >= 0.6 is 0 Å². The van der Waals surface area contributed by atoms with Gasteiger partial charge in [0.15, 0.2) is 0 Å². The van der Waals surface area contributed by atoms with Gasteiger partial charge in [0.1, 0.15) is 0 Å². The predicted octanol–water partition coefficient (Wildman–Crippen LogP) is 1.99. The maximum Gasteiger partial charge on any atom is 0.0691 e. The number of aliphatic imine (C=N–C) groups is 2. The van der Waals surface area contributed by atoms with E-state index in [0.29, 0.717) is 0 Å². The molecule has 0 spiro atoms. The van der Waals surface area contributed by atoms with Crippen LogP contribution in [0.15, 0.2) is 57.3 Å². The van der Waals surface area contributed by atoms with Gasteiger partial charge in [0.05, 0.1) is 5.92 Å². The Morgan fingerprint density at radius 3 is 2.54 bits per heavy atom. The first-order valence-electron chi connectivity index (χ1n) is 4.18. The highest BCUT2D eigenvalue weighted by molar-refractivity contribution is 6.01. The lowest BCUT2D eigenvalue weighted by Gasteiger charge is -2.25. The molecule has 0 saturated heterocycles. The normalized spacial score (nSPS) is 23.5. The summed E-state index contributed by atoms with van der Waals surface area (Å²) in [6.07, 6.45) is 13.6. The van der Waals surface area contributed by atoms with Crippen LogP contribution in [0.4, 0.5) is 0 Å². The zero-order valence-electron chi connectivity index (χ0n) is 6.94. The van der Waals surface area contributed by atoms with Crippen LogP contribution in [-0.4, -0.2) is 12.4 Å². The van der Waals surface area contributed by atoms with Crippen molar-refractivity contribution in [2.45, 2.75) is 0 Å². The van der Waals surface area contributed by atoms with Crippen molar-refractivity contribution in [1.29, 1.82) is 0 Å². The van der Waals surface area contributed by atoms with E-state index in [4.69, 9.17) is 0 Å². The van der Waals surface area contributed by atoms with Crippen LogP contribution in [-0.2, 0) is 0 Å². The third kappa shape index (κ3) is 0.886. The molecule has 1 radical (unpaired) electrons. The summed E-state index contributed by atoms with van der Waals surface area (Å²) in [4.78, 5) is 8.31. The van der Waals surface area contributed by atoms with Crippen molar-refractivity contribution in [3.63, 3.8) is 0 Å². The van der Waals surface area contributed by atoms with E-state index < -0.39 is 0 Å². The van der Waals surface area contributed by atoms with Crippen LogP contribution in [0.5, 0.6) is 0 Å². The fraction of sp³-hybridized carbons (Fsp3) is 0. The summed E-state index contributed by atoms with van der Waals surface area (Å²) in [5.74, 6) is 1.26. The summed E-state index contributed by atoms with van der Waals surface area (Å²) in [5, 5.41) is 0. The van der Waals surface area contributed by atoms with Crippen LogP contribution in [0.1, 0.15) is 0 Å². The molecule has 2 heterocycles. The summed E-state index contributed by atoms with van der Waals surface area (Å²) in [6.45, 7) is 0. The topological polar surface area (TPSA) is 24.7 Å². The molecule has 3 aliphatic rings. The number of allylic oxidation sites excluding steroid dienone is 6. The van der Waals surface area contributed by atoms with Crippen molar-refractivity contribution < 1.29 is 0 Å². The largest absolute Gasteiger partial charge is 0.264 e. The molecule has 61 valence electrons. The minimum atomic E-state index is 1.11. The Bertz CT molecular complexity index is 364. The Balaban J connectivity index is 2.23. The van der Waals surface area contributed by atoms with E-state index in [2.05, 4.69) is 22.1 Å². The molecule has 0 unspecified atom stereocenters. The average Bonchev–Trinajstić information content (AvgIpc) is 2.19. The SMILES string of the molecule is C1=CC2=CN=CC3=CN=CC(=C1)[C]23. The molecule has 13 heavy (non-hydrogen) atoms. The smallest absolute Gasteiger partial charge is 0.0691 e. The van der Waals surface area contributed by atoms with Crippen LogP contribution in [0, 0.1) is 5.92 Å². The zero-order valence-corrected chi connectivity index (χ0v) is 6.94. The molecule has 0 atom stereocenters. The lowest BCUT2D eigenvalue weighted by Crippen LogP contribution is -2.16. The third-order valence-electron chi connectivity index (χ3n) is 2.27. The highest BCUT2D eigenvalue weighted by Crippen LogP contribution is 2.36. The quantitative estimate of drug-likeness (QED) is 0.527. The molecule has 0 aromatic rings. The number of nitrogens with zero attached hydrogens (tertiary/aromatic N) is 2. The van der Waals surface area contributed by atoms with Crippen LogP contribution in [0.25, 0.3) is 0 Å². The lowest BCUT2D eigenvalue weighted by molar-refractivity contribution is 1.20. The molecule has 0 bridgehead atoms. The molecule has 2 heteroatoms. The Morgan fingerprint density at radius 2 is 1.62 bits per heavy atom. The summed E-state index contributed by atoms with van der Waals surface area (Å²) >= 11 is 0. The second-order valence-corrected chi connectivity index (χ2v) is 3.08. The molecule has 0 aromatic carbocycles. The van der Waals surface area contributed by atoms with Crippen molar-refractivity contribution in [3.05, 3.63) is 53.3 Å². The van der Waals surface area contributed by atoms with E-state index in [-0.39, 0.29) is 0 Å². The van der Waals surface area contributed by atoms with Gasteiger partial charge in [-0.15, -0.1) is 0 Å². The van der Waals surface area contributed by atoms with Gasteiger partial charge in [0.2, 0.25) is 0 Å². The van der Waals surface area contributed by atoms with Gasteiger partial charge in [-0.1, -0.05) is 18.2 Å². The molecule has 0 aromatic heterocycles. The Labute approximate surface area is 76.4 Å². The van der Waals surface area contributed by atoms with E-state index in [0.717, 1.165) is 5.57 Å². The van der Waals surface area contributed by atoms with Crippen molar-refractivity contribution in [2.75, 3.05) is 0 Å². The maximum atomic E-state index is 4.15. The first-order chi connectivity index (χ1) is 6.45. The van der Waals surface area contributed by atoms with Crippen LogP contribution in [0.3, 0.4) is 0 Å². The monoisotopic (exact) mass is 167 g/mol. The predicted molar refractivity (Wildman–Crippen MR) is 53.6 cm³/mol. The standard InChI is InChI=1S/C11H7N2/c1-2-8-4-12-6-10-7-13-5-9(3-1)11(8)10/h1-7H. The van der Waals surface area contributed by atoms with Crippen molar-refractivity contribution >= 4 is 12.4 Å². The zero-order chi connectivity index (χ0) is 8.67. The molecule has 0 fully saturated rings. The first-order valence-corrected chi connectivity index (χ1v) is 4.18. The van der Waals surface area contributed by atoms with Gasteiger partial charge in [0.25, 0.3) is 0 Å². The van der Waals surface area contributed by atoms with Crippen molar-refractivity contribution in [2.24, 2.45) is 9.98 Å². The van der Waals surface area contributed by atoms with E-state index in [1.807, 2.05) is 30.9 Å². The fourth-order valence-electron chi connectivity index (χ4n) is 1.70. The summed E-state index contributed by atoms with van der Waals surface area (Å²) in [6, 6.07) is 0. The van der Waals surface area contributed by atoms with E-state index in [1.165, 1.54) is 17.1 Å². The van der Waals surface area contributed by atoms with Crippen LogP contribution < -0.4 is 0 Å². The second kappa shape index (κ2) is 2.39. The number of hydrogen-bond donors (Lipinski definition) is 0. The van der Waals surface area contributed by atoms with Gasteiger partial charge in [0, 0.05) is 30.4 Å². The molecule has 0 N–H and O–H groups in total. The highest BCUT2D eigenvalue weighted by Gasteiger charge is 2.26. The first kappa shape index (κ1) is 6.78. The Hall–Kier alpha value is -1.70. The summed E-state index contributed by atoms with van der Waals surface area (Å²) in [7, 11) is 0. The molecule has 3 rings (SSSR count). The van der Waals surface area contributed by atoms with Gasteiger partial charge in [-0.2, -0.15) is 0 Å². The minimum Gasteiger partial charge on any atom is -0.264 e. The molecular weight excluding hydrogens is 160 g/mol. The van der Waals surface area contributed by atoms with Crippen LogP contribution in [0.2, 0.25) is 0 Å². The average molecular weight is 167 g/mol. The second-order valence-electron chi connectivity index (χ2n) is 3.08. The summed E-state index contributed by atoms with van der Waals surface area (Å²) < 4.78 is 0. The molecule has 1 aliphatic carbocycles. The van der Waals surface area contributed by atoms with Gasteiger partial charge < -0.3 is 0 Å². The van der Waals surface area contributed by atoms with Gasteiger partial charge in [-0.05, 0) is 11.1 Å². The molecular formula is C11H7N2. The molecule has 0 amide bonds. The molecule has 0 saturated carbocycles. The number of rotatable bonds is 0. The fourth-order valence-corrected chi connectivity index (χ4v) is 1.70. The number of hydrogen-bond acceptors (Lipinski definition) is 2. The van der Waals surface area contributed by atoms with E-state index in [9.17, 15) is 0 Å². The van der Waals surface area contributed by atoms with Crippen molar-refractivity contribution in [1.82, 2.24) is 0 Å².